The molecule has 0 fully saturated rings. The van der Waals surface area contributed by atoms with Crippen LogP contribution < -0.4 is 14.8 Å². The Morgan fingerprint density at radius 2 is 2.00 bits per heavy atom. The van der Waals surface area contributed by atoms with Gasteiger partial charge in [-0.25, -0.2) is 0 Å². The molecule has 10 heteroatoms. The molecule has 0 bridgehead atoms. The van der Waals surface area contributed by atoms with Gasteiger partial charge in [0.1, 0.15) is 11.4 Å². The number of carbonyl (C=O) groups is 2. The van der Waals surface area contributed by atoms with E-state index < -0.39 is 16.7 Å². The number of anilines is 1. The summed E-state index contributed by atoms with van der Waals surface area (Å²) >= 11 is 0. The summed E-state index contributed by atoms with van der Waals surface area (Å²) in [5.41, 5.74) is -0.445. The fraction of sp³-hybridized carbons (Fsp3) is 0.231. The van der Waals surface area contributed by atoms with Gasteiger partial charge in [-0.3, -0.25) is 24.6 Å². The number of hydrogen-bond donors (Lipinski definition) is 2. The minimum Gasteiger partial charge on any atom is -0.454 e. The van der Waals surface area contributed by atoms with Crippen LogP contribution in [0.5, 0.6) is 11.5 Å². The average molecular weight is 321 g/mol. The summed E-state index contributed by atoms with van der Waals surface area (Å²) in [6, 6.07) is 2.51. The molecule has 0 spiro atoms. The third-order valence-electron chi connectivity index (χ3n) is 3.29. The number of nitrogens with one attached hydrogen (secondary N) is 1. The summed E-state index contributed by atoms with van der Waals surface area (Å²) in [6.07, 6.45) is 1.02. The number of fused-ring (bicyclic) bond motifs is 1. The SMILES string of the molecule is O=C1C=C(Nc2cc3c(cc2[N+](=O)[O-])OCO3)C(=O)N1CCO. The van der Waals surface area contributed by atoms with Gasteiger partial charge in [0.25, 0.3) is 17.5 Å². The van der Waals surface area contributed by atoms with Gasteiger partial charge in [0, 0.05) is 12.1 Å². The zero-order valence-corrected chi connectivity index (χ0v) is 11.6. The zero-order chi connectivity index (χ0) is 16.6. The largest absolute Gasteiger partial charge is 0.454 e. The van der Waals surface area contributed by atoms with Crippen LogP contribution in [0.3, 0.4) is 0 Å². The first-order valence-electron chi connectivity index (χ1n) is 6.54. The Morgan fingerprint density at radius 1 is 1.30 bits per heavy atom. The first kappa shape index (κ1) is 14.8. The summed E-state index contributed by atoms with van der Waals surface area (Å²) in [7, 11) is 0. The number of carbonyl (C=O) groups excluding carboxylic acids is 2. The van der Waals surface area contributed by atoms with Crippen molar-refractivity contribution in [3.8, 4) is 11.5 Å². The van der Waals surface area contributed by atoms with E-state index >= 15 is 0 Å². The molecule has 2 amide bonds. The molecule has 0 unspecified atom stereocenters. The second-order valence-corrected chi connectivity index (χ2v) is 4.68. The Kier molecular flexibility index (Phi) is 3.58. The topological polar surface area (TPSA) is 131 Å². The van der Waals surface area contributed by atoms with Crippen LogP contribution in [0.15, 0.2) is 23.9 Å². The lowest BCUT2D eigenvalue weighted by Crippen LogP contribution is -2.34. The van der Waals surface area contributed by atoms with Crippen LogP contribution in [0, 0.1) is 10.1 Å². The van der Waals surface area contributed by atoms with Gasteiger partial charge in [0.2, 0.25) is 6.79 Å². The second-order valence-electron chi connectivity index (χ2n) is 4.68. The van der Waals surface area contributed by atoms with Crippen molar-refractivity contribution in [1.82, 2.24) is 4.90 Å². The lowest BCUT2D eigenvalue weighted by Gasteiger charge is -2.13. The summed E-state index contributed by atoms with van der Waals surface area (Å²) in [6.45, 7) is -0.578. The van der Waals surface area contributed by atoms with Crippen molar-refractivity contribution in [2.45, 2.75) is 0 Å². The summed E-state index contributed by atoms with van der Waals surface area (Å²) in [4.78, 5) is 35.1. The van der Waals surface area contributed by atoms with Crippen molar-refractivity contribution >= 4 is 23.2 Å². The summed E-state index contributed by atoms with van der Waals surface area (Å²) in [5, 5.41) is 22.6. The normalized spacial score (nSPS) is 15.9. The van der Waals surface area contributed by atoms with Crippen LogP contribution in [0.1, 0.15) is 0 Å². The van der Waals surface area contributed by atoms with Crippen LogP contribution in [-0.4, -0.2) is 46.7 Å². The van der Waals surface area contributed by atoms with Gasteiger partial charge in [0.05, 0.1) is 24.1 Å². The fourth-order valence-corrected chi connectivity index (χ4v) is 2.24. The molecular formula is C13H11N3O7. The van der Waals surface area contributed by atoms with E-state index in [1.54, 1.807) is 0 Å². The van der Waals surface area contributed by atoms with Crippen LogP contribution in [0.2, 0.25) is 0 Å². The predicted octanol–water partition coefficient (Wildman–Crippen LogP) is -0.0196. The number of rotatable bonds is 5. The Labute approximate surface area is 129 Å². The van der Waals surface area contributed by atoms with Gasteiger partial charge in [-0.1, -0.05) is 0 Å². The van der Waals surface area contributed by atoms with Crippen molar-refractivity contribution < 1.29 is 29.1 Å². The molecule has 120 valence electrons. The Balaban J connectivity index is 1.91. The molecule has 1 aromatic carbocycles. The van der Waals surface area contributed by atoms with E-state index in [1.165, 1.54) is 12.1 Å². The molecule has 3 rings (SSSR count). The molecule has 0 saturated heterocycles. The summed E-state index contributed by atoms with van der Waals surface area (Å²) < 4.78 is 10.2. The van der Waals surface area contributed by atoms with Crippen molar-refractivity contribution in [3.63, 3.8) is 0 Å². The number of nitro groups is 1. The fourth-order valence-electron chi connectivity index (χ4n) is 2.24. The van der Waals surface area contributed by atoms with Gasteiger partial charge in [-0.05, 0) is 0 Å². The molecule has 23 heavy (non-hydrogen) atoms. The molecule has 2 heterocycles. The van der Waals surface area contributed by atoms with E-state index in [4.69, 9.17) is 14.6 Å². The zero-order valence-electron chi connectivity index (χ0n) is 11.6. The van der Waals surface area contributed by atoms with Gasteiger partial charge in [-0.15, -0.1) is 0 Å². The van der Waals surface area contributed by atoms with Crippen molar-refractivity contribution in [2.75, 3.05) is 25.3 Å². The maximum absolute atomic E-state index is 12.1. The number of β-amino-alcohol motifs (C(OH)–C–C–N with tert-alkyl or cyclic N) is 1. The lowest BCUT2D eigenvalue weighted by atomic mass is 10.2. The average Bonchev–Trinajstić information content (AvgIpc) is 3.06. The van der Waals surface area contributed by atoms with E-state index in [-0.39, 0.29) is 42.8 Å². The molecule has 1 aromatic rings. The minimum atomic E-state index is -0.670. The highest BCUT2D eigenvalue weighted by Crippen LogP contribution is 2.41. The van der Waals surface area contributed by atoms with Crippen LogP contribution in [0.25, 0.3) is 0 Å². The quantitative estimate of drug-likeness (QED) is 0.439. The van der Waals surface area contributed by atoms with E-state index in [0.29, 0.717) is 5.75 Å². The summed E-state index contributed by atoms with van der Waals surface area (Å²) in [5.74, 6) is -0.749. The monoisotopic (exact) mass is 321 g/mol. The molecule has 2 aliphatic heterocycles. The second kappa shape index (κ2) is 5.57. The smallest absolute Gasteiger partial charge is 0.296 e. The van der Waals surface area contributed by atoms with E-state index in [1.807, 2.05) is 0 Å². The number of benzene rings is 1. The molecule has 10 nitrogen and oxygen atoms in total. The molecule has 0 atom stereocenters. The number of nitro benzene ring substituents is 1. The van der Waals surface area contributed by atoms with Crippen molar-refractivity contribution in [3.05, 3.63) is 34.0 Å². The number of aliphatic hydroxyl groups is 1. The van der Waals surface area contributed by atoms with Gasteiger partial charge in [0.15, 0.2) is 11.5 Å². The highest BCUT2D eigenvalue weighted by atomic mass is 16.7. The molecular weight excluding hydrogens is 310 g/mol. The number of hydrogen-bond acceptors (Lipinski definition) is 8. The number of imide groups is 1. The van der Waals surface area contributed by atoms with Crippen LogP contribution >= 0.6 is 0 Å². The van der Waals surface area contributed by atoms with Gasteiger partial charge < -0.3 is 19.9 Å². The Morgan fingerprint density at radius 3 is 2.65 bits per heavy atom. The Hall–Kier alpha value is -3.14. The van der Waals surface area contributed by atoms with E-state index in [2.05, 4.69) is 5.32 Å². The first-order valence-corrected chi connectivity index (χ1v) is 6.54. The van der Waals surface area contributed by atoms with E-state index in [0.717, 1.165) is 11.0 Å². The van der Waals surface area contributed by atoms with Crippen molar-refractivity contribution in [1.29, 1.82) is 0 Å². The minimum absolute atomic E-state index is 0.00232. The maximum atomic E-state index is 12.1. The lowest BCUT2D eigenvalue weighted by molar-refractivity contribution is -0.384. The standard InChI is InChI=1S/C13H11N3O7/c17-2-1-15-12(18)4-8(13(15)19)14-7-3-10-11(23-6-22-10)5-9(7)16(20)21/h3-5,14,17H,1-2,6H2. The van der Waals surface area contributed by atoms with Gasteiger partial charge >= 0.3 is 0 Å². The number of nitrogens with zero attached hydrogens (tertiary/aromatic N) is 2. The number of ether oxygens (including phenoxy) is 2. The third kappa shape index (κ3) is 2.55. The molecule has 0 aromatic heterocycles. The first-order chi connectivity index (χ1) is 11.0. The Bertz CT molecular complexity index is 743. The van der Waals surface area contributed by atoms with Crippen LogP contribution in [0.4, 0.5) is 11.4 Å². The van der Waals surface area contributed by atoms with Crippen LogP contribution in [-0.2, 0) is 9.59 Å². The highest BCUT2D eigenvalue weighted by Gasteiger charge is 2.32. The molecule has 0 aliphatic carbocycles. The van der Waals surface area contributed by atoms with E-state index in [9.17, 15) is 19.7 Å². The third-order valence-corrected chi connectivity index (χ3v) is 3.29. The molecule has 0 saturated carbocycles. The van der Waals surface area contributed by atoms with Gasteiger partial charge in [-0.2, -0.15) is 0 Å². The van der Waals surface area contributed by atoms with Crippen molar-refractivity contribution in [2.24, 2.45) is 0 Å². The highest BCUT2D eigenvalue weighted by molar-refractivity contribution is 6.17. The maximum Gasteiger partial charge on any atom is 0.296 e. The molecule has 2 aliphatic rings. The number of aliphatic hydroxyl groups excluding tert-OH is 1. The molecule has 0 radical (unpaired) electrons. The predicted molar refractivity (Wildman–Crippen MR) is 74.7 cm³/mol. The molecule has 2 N–H and O–H groups in total. The number of amides is 2.